The van der Waals surface area contributed by atoms with Gasteiger partial charge >= 0.3 is 11.9 Å². The number of aryl methyl sites for hydroxylation is 1. The first-order chi connectivity index (χ1) is 14.7. The third-order valence-electron chi connectivity index (χ3n) is 7.84. The molecule has 8 heteroatoms. The smallest absolute Gasteiger partial charge is 0.333 e. The van der Waals surface area contributed by atoms with Crippen molar-refractivity contribution in [3.63, 3.8) is 0 Å². The first-order valence-corrected chi connectivity index (χ1v) is 11.1. The van der Waals surface area contributed by atoms with Crippen LogP contribution in [-0.2, 0) is 26.3 Å². The Balaban J connectivity index is 1.57. The van der Waals surface area contributed by atoms with Crippen molar-refractivity contribution in [2.75, 3.05) is 20.1 Å². The molecule has 1 aliphatic heterocycles. The van der Waals surface area contributed by atoms with Gasteiger partial charge in [-0.2, -0.15) is 0 Å². The normalized spacial score (nSPS) is 25.7. The number of nitrogens with zero attached hydrogens (tertiary/aromatic N) is 2. The zero-order chi connectivity index (χ0) is 22.4. The largest absolute Gasteiger partial charge is 0.369 e. The van der Waals surface area contributed by atoms with E-state index in [0.717, 1.165) is 35.3 Å². The maximum atomic E-state index is 13.5. The van der Waals surface area contributed by atoms with Crippen LogP contribution in [-0.4, -0.2) is 59.3 Å². The molecule has 5 amide bonds. The lowest BCUT2D eigenvalue weighted by Gasteiger charge is -2.44. The predicted molar refractivity (Wildman–Crippen MR) is 113 cm³/mol. The molecule has 31 heavy (non-hydrogen) atoms. The molecule has 4 rings (SSSR count). The van der Waals surface area contributed by atoms with Gasteiger partial charge in [-0.25, -0.2) is 14.5 Å². The van der Waals surface area contributed by atoms with E-state index < -0.39 is 17.5 Å². The molecule has 0 radical (unpaired) electrons. The zero-order valence-electron chi connectivity index (χ0n) is 18.2. The van der Waals surface area contributed by atoms with Crippen LogP contribution in [0.3, 0.4) is 0 Å². The predicted octanol–water partition coefficient (Wildman–Crippen LogP) is 1.42. The molecule has 1 spiro atoms. The molecule has 1 saturated heterocycles. The number of carbonyl (C=O) groups excluding carboxylic acids is 4. The number of primary amides is 1. The van der Waals surface area contributed by atoms with E-state index in [1.807, 2.05) is 31.2 Å². The Bertz CT molecular complexity index is 943. The van der Waals surface area contributed by atoms with E-state index >= 15 is 0 Å². The van der Waals surface area contributed by atoms with Crippen molar-refractivity contribution in [1.82, 2.24) is 10.2 Å². The number of hydrogen-bond acceptors (Lipinski definition) is 4. The van der Waals surface area contributed by atoms with Gasteiger partial charge in [0.25, 0.3) is 5.91 Å². The van der Waals surface area contributed by atoms with Crippen molar-refractivity contribution >= 4 is 23.8 Å². The van der Waals surface area contributed by atoms with Crippen LogP contribution in [0.25, 0.3) is 0 Å². The maximum absolute atomic E-state index is 13.5. The number of nitrogens with two attached hydrogens (primary N) is 1. The third kappa shape index (κ3) is 3.43. The highest BCUT2D eigenvalue weighted by Crippen LogP contribution is 2.41. The highest BCUT2D eigenvalue weighted by molar-refractivity contribution is 6.09. The van der Waals surface area contributed by atoms with Gasteiger partial charge in [-0.15, -0.1) is 0 Å². The molecule has 0 aromatic heterocycles. The topological polar surface area (TPSA) is 110 Å². The molecule has 3 N–H and O–H groups in total. The van der Waals surface area contributed by atoms with E-state index in [2.05, 4.69) is 5.32 Å². The standard InChI is InChI=1S/C23H30N4O4/c1-15(16-7-5-8-16)27(2,13-11-19(24)28)20(29)14-26-21(30)23(25-22(26)31)12-10-17-6-3-4-9-18(17)23/h3-4,6,9,15-16H,5,7-8,10-14H2,1-2H3,(H2-,24,25,28,31)/p+1/t15-,23+,27?/m0/s1. The molecule has 8 nitrogen and oxygen atoms in total. The quantitative estimate of drug-likeness (QED) is 0.506. The van der Waals surface area contributed by atoms with Crippen LogP contribution in [0.1, 0.15) is 50.2 Å². The van der Waals surface area contributed by atoms with Crippen molar-refractivity contribution in [3.8, 4) is 0 Å². The molecular formula is C23H31N4O4+. The molecule has 1 heterocycles. The van der Waals surface area contributed by atoms with E-state index in [9.17, 15) is 19.2 Å². The van der Waals surface area contributed by atoms with Crippen molar-refractivity contribution in [3.05, 3.63) is 35.4 Å². The van der Waals surface area contributed by atoms with E-state index in [4.69, 9.17) is 5.73 Å². The average molecular weight is 428 g/mol. The van der Waals surface area contributed by atoms with Gasteiger partial charge in [0.2, 0.25) is 5.91 Å². The first-order valence-electron chi connectivity index (χ1n) is 11.1. The summed E-state index contributed by atoms with van der Waals surface area (Å²) in [6.07, 6.45) is 4.50. The van der Waals surface area contributed by atoms with Gasteiger partial charge in [0, 0.05) is 5.92 Å². The molecule has 1 saturated carbocycles. The number of amides is 5. The molecule has 0 bridgehead atoms. The van der Waals surface area contributed by atoms with Gasteiger partial charge < -0.3 is 11.1 Å². The summed E-state index contributed by atoms with van der Waals surface area (Å²) >= 11 is 0. The summed E-state index contributed by atoms with van der Waals surface area (Å²) in [6.45, 7) is 1.98. The number of likely N-dealkylation sites (N-methyl/N-ethyl adjacent to an activating group) is 1. The number of benzene rings is 1. The second-order valence-corrected chi connectivity index (χ2v) is 9.42. The molecular weight excluding hydrogens is 396 g/mol. The molecule has 1 aromatic carbocycles. The molecule has 166 valence electrons. The minimum absolute atomic E-state index is 0.00570. The van der Waals surface area contributed by atoms with Gasteiger partial charge in [0.15, 0.2) is 0 Å². The molecule has 2 aliphatic carbocycles. The van der Waals surface area contributed by atoms with Crippen molar-refractivity contribution < 1.29 is 23.7 Å². The lowest BCUT2D eigenvalue weighted by Crippen LogP contribution is -2.62. The van der Waals surface area contributed by atoms with Crippen LogP contribution >= 0.6 is 0 Å². The molecule has 2 fully saturated rings. The van der Waals surface area contributed by atoms with E-state index in [0.29, 0.717) is 18.8 Å². The lowest BCUT2D eigenvalue weighted by atomic mass is 9.79. The monoisotopic (exact) mass is 427 g/mol. The first kappa shape index (κ1) is 21.5. The fourth-order valence-corrected chi connectivity index (χ4v) is 5.32. The van der Waals surface area contributed by atoms with Crippen molar-refractivity contribution in [1.29, 1.82) is 0 Å². The Labute approximate surface area is 182 Å². The maximum Gasteiger partial charge on any atom is 0.333 e. The Morgan fingerprint density at radius 1 is 1.29 bits per heavy atom. The highest BCUT2D eigenvalue weighted by atomic mass is 16.2. The van der Waals surface area contributed by atoms with Crippen LogP contribution in [0.2, 0.25) is 0 Å². The zero-order valence-corrected chi connectivity index (χ0v) is 18.2. The minimum atomic E-state index is -1.08. The summed E-state index contributed by atoms with van der Waals surface area (Å²) in [5, 5.41) is 2.87. The van der Waals surface area contributed by atoms with Crippen molar-refractivity contribution in [2.24, 2.45) is 11.7 Å². The summed E-state index contributed by atoms with van der Waals surface area (Å²) in [4.78, 5) is 52.2. The Hall–Kier alpha value is -2.74. The van der Waals surface area contributed by atoms with Gasteiger partial charge in [-0.3, -0.25) is 14.1 Å². The van der Waals surface area contributed by atoms with Gasteiger partial charge in [-0.05, 0) is 43.7 Å². The summed E-state index contributed by atoms with van der Waals surface area (Å²) in [6, 6.07) is 7.07. The number of hydrogen-bond donors (Lipinski definition) is 2. The molecule has 3 atom stereocenters. The Morgan fingerprint density at radius 2 is 2.00 bits per heavy atom. The van der Waals surface area contributed by atoms with Crippen LogP contribution in [0.15, 0.2) is 24.3 Å². The number of imide groups is 1. The summed E-state index contributed by atoms with van der Waals surface area (Å²) < 4.78 is -0.00570. The van der Waals surface area contributed by atoms with Crippen molar-refractivity contribution in [2.45, 2.75) is 57.0 Å². The molecule has 3 aliphatic rings. The Kier molecular flexibility index (Phi) is 5.37. The van der Waals surface area contributed by atoms with Gasteiger partial charge in [-0.1, -0.05) is 30.7 Å². The summed E-state index contributed by atoms with van der Waals surface area (Å²) in [7, 11) is 1.80. The third-order valence-corrected chi connectivity index (χ3v) is 7.84. The van der Waals surface area contributed by atoms with Crippen LogP contribution in [0.4, 0.5) is 4.79 Å². The average Bonchev–Trinajstić information content (AvgIpc) is 3.18. The van der Waals surface area contributed by atoms with E-state index in [-0.39, 0.29) is 41.8 Å². The lowest BCUT2D eigenvalue weighted by molar-refractivity contribution is -0.863. The number of fused-ring (bicyclic) bond motifs is 2. The number of rotatable bonds is 7. The SMILES string of the molecule is C[C@@H](C1CCC1)[N+](C)(CCC(N)=O)C(=O)CN1C(=O)N[C@@]2(CCc3ccccc32)C1=O. The number of nitrogens with one attached hydrogen (secondary N) is 1. The Morgan fingerprint density at radius 3 is 2.65 bits per heavy atom. The summed E-state index contributed by atoms with van der Waals surface area (Å²) in [5.74, 6) is -0.687. The second-order valence-electron chi connectivity index (χ2n) is 9.42. The minimum Gasteiger partial charge on any atom is -0.369 e. The van der Waals surface area contributed by atoms with Crippen LogP contribution in [0, 0.1) is 5.92 Å². The molecule has 1 unspecified atom stereocenters. The van der Waals surface area contributed by atoms with E-state index in [1.165, 1.54) is 0 Å². The van der Waals surface area contributed by atoms with Gasteiger partial charge in [0.05, 0.1) is 26.1 Å². The molecule has 1 aromatic rings. The highest BCUT2D eigenvalue weighted by Gasteiger charge is 2.57. The van der Waals surface area contributed by atoms with Crippen LogP contribution < -0.4 is 11.1 Å². The van der Waals surface area contributed by atoms with Crippen LogP contribution in [0.5, 0.6) is 0 Å². The fourth-order valence-electron chi connectivity index (χ4n) is 5.32. The number of urea groups is 1. The van der Waals surface area contributed by atoms with Gasteiger partial charge in [0.1, 0.15) is 12.1 Å². The number of carbonyl (C=O) groups is 4. The summed E-state index contributed by atoms with van der Waals surface area (Å²) in [5.41, 5.74) is 6.15. The second kappa shape index (κ2) is 7.75. The van der Waals surface area contributed by atoms with E-state index in [1.54, 1.807) is 7.05 Å². The number of quaternary nitrogens is 1. The fraction of sp³-hybridized carbons (Fsp3) is 0.565.